The van der Waals surface area contributed by atoms with Crippen molar-refractivity contribution in [1.82, 2.24) is 4.98 Å². The van der Waals surface area contributed by atoms with E-state index in [-0.39, 0.29) is 0 Å². The molecule has 0 radical (unpaired) electrons. The van der Waals surface area contributed by atoms with Crippen molar-refractivity contribution in [3.05, 3.63) is 35.2 Å². The molecular weight excluding hydrogens is 248 g/mol. The summed E-state index contributed by atoms with van der Waals surface area (Å²) in [7, 11) is 1.83. The van der Waals surface area contributed by atoms with Crippen LogP contribution in [0.5, 0.6) is 0 Å². The molecule has 4 N–H and O–H groups in total. The van der Waals surface area contributed by atoms with E-state index in [0.29, 0.717) is 11.1 Å². The van der Waals surface area contributed by atoms with Gasteiger partial charge in [-0.25, -0.2) is 4.98 Å². The third-order valence-corrected chi connectivity index (χ3v) is 4.44. The molecule has 2 rings (SSSR count). The van der Waals surface area contributed by atoms with Gasteiger partial charge in [-0.2, -0.15) is 0 Å². The van der Waals surface area contributed by atoms with Gasteiger partial charge in [-0.1, -0.05) is 20.3 Å². The summed E-state index contributed by atoms with van der Waals surface area (Å²) in [6.07, 6.45) is 5.75. The maximum absolute atomic E-state index is 8.42. The van der Waals surface area contributed by atoms with Gasteiger partial charge in [-0.3, -0.25) is 5.41 Å². The van der Waals surface area contributed by atoms with E-state index in [1.807, 2.05) is 19.2 Å². The van der Waals surface area contributed by atoms with Gasteiger partial charge in [0.2, 0.25) is 0 Å². The van der Waals surface area contributed by atoms with E-state index in [4.69, 9.17) is 11.1 Å². The lowest BCUT2D eigenvalue weighted by Gasteiger charge is -2.34. The lowest BCUT2D eigenvalue weighted by molar-refractivity contribution is 0.268. The fourth-order valence-corrected chi connectivity index (χ4v) is 2.73. The van der Waals surface area contributed by atoms with Crippen LogP contribution >= 0.6 is 0 Å². The Morgan fingerprint density at radius 2 is 2.30 bits per heavy atom. The number of pyridine rings is 1. The van der Waals surface area contributed by atoms with E-state index in [1.165, 1.54) is 0 Å². The van der Waals surface area contributed by atoms with Gasteiger partial charge in [-0.15, -0.1) is 0 Å². The average Bonchev–Trinajstić information content (AvgIpc) is 2.47. The molecule has 1 heterocycles. The zero-order chi connectivity index (χ0) is 14.8. The molecule has 0 saturated carbocycles. The van der Waals surface area contributed by atoms with Crippen LogP contribution in [-0.4, -0.2) is 17.7 Å². The van der Waals surface area contributed by atoms with E-state index in [0.717, 1.165) is 48.3 Å². The maximum Gasteiger partial charge on any atom is 0.126 e. The first-order chi connectivity index (χ1) is 9.49. The fraction of sp³-hybridized carbons (Fsp3) is 0.500. The highest BCUT2D eigenvalue weighted by molar-refractivity contribution is 6.11. The standard InChI is InChI=1S/C16H24N4/c1-4-16(2)7-5-12(13(17)10-16)15(18)11-6-8-20-14(9-11)19-3/h6,8-9,18H,4-5,7,10,17H2,1-3H3,(H,19,20). The Morgan fingerprint density at radius 1 is 1.55 bits per heavy atom. The third kappa shape index (κ3) is 2.84. The molecule has 108 valence electrons. The quantitative estimate of drug-likeness (QED) is 0.736. The van der Waals surface area contributed by atoms with Crippen LogP contribution in [0, 0.1) is 10.8 Å². The molecule has 4 heteroatoms. The fourth-order valence-electron chi connectivity index (χ4n) is 2.73. The minimum Gasteiger partial charge on any atom is -0.402 e. The molecule has 0 amide bonds. The molecule has 1 aromatic heterocycles. The second kappa shape index (κ2) is 5.65. The Kier molecular flexibility index (Phi) is 4.12. The van der Waals surface area contributed by atoms with E-state index >= 15 is 0 Å². The van der Waals surface area contributed by atoms with Gasteiger partial charge in [0.1, 0.15) is 5.82 Å². The van der Waals surface area contributed by atoms with Gasteiger partial charge in [0.05, 0.1) is 5.71 Å². The van der Waals surface area contributed by atoms with Crippen molar-refractivity contribution in [3.8, 4) is 0 Å². The second-order valence-electron chi connectivity index (χ2n) is 5.90. The maximum atomic E-state index is 8.42. The van der Waals surface area contributed by atoms with Crippen LogP contribution in [0.1, 0.15) is 45.1 Å². The Morgan fingerprint density at radius 3 is 2.90 bits per heavy atom. The normalized spacial score (nSPS) is 22.8. The van der Waals surface area contributed by atoms with Crippen LogP contribution in [-0.2, 0) is 0 Å². The van der Waals surface area contributed by atoms with Crippen LogP contribution in [0.15, 0.2) is 29.6 Å². The van der Waals surface area contributed by atoms with Crippen molar-refractivity contribution in [2.45, 2.75) is 39.5 Å². The Hall–Kier alpha value is -1.84. The molecular formula is C16H24N4. The van der Waals surface area contributed by atoms with Gasteiger partial charge >= 0.3 is 0 Å². The van der Waals surface area contributed by atoms with Gasteiger partial charge in [0.15, 0.2) is 0 Å². The van der Waals surface area contributed by atoms with Crippen molar-refractivity contribution in [2.24, 2.45) is 11.1 Å². The van der Waals surface area contributed by atoms with Crippen molar-refractivity contribution in [3.63, 3.8) is 0 Å². The number of rotatable bonds is 4. The smallest absolute Gasteiger partial charge is 0.126 e. The van der Waals surface area contributed by atoms with Crippen LogP contribution in [0.3, 0.4) is 0 Å². The Labute approximate surface area is 121 Å². The Balaban J connectivity index is 2.27. The molecule has 1 aliphatic rings. The highest BCUT2D eigenvalue weighted by atomic mass is 14.9. The predicted molar refractivity (Wildman–Crippen MR) is 84.1 cm³/mol. The second-order valence-corrected chi connectivity index (χ2v) is 5.90. The first kappa shape index (κ1) is 14.6. The van der Waals surface area contributed by atoms with Crippen molar-refractivity contribution in [1.29, 1.82) is 5.41 Å². The van der Waals surface area contributed by atoms with Gasteiger partial charge in [0, 0.05) is 24.5 Å². The minimum absolute atomic E-state index is 0.294. The van der Waals surface area contributed by atoms with Crippen LogP contribution in [0.25, 0.3) is 0 Å². The summed E-state index contributed by atoms with van der Waals surface area (Å²) in [6.45, 7) is 4.50. The molecule has 20 heavy (non-hydrogen) atoms. The lowest BCUT2D eigenvalue weighted by Crippen LogP contribution is -2.27. The average molecular weight is 272 g/mol. The summed E-state index contributed by atoms with van der Waals surface area (Å²) in [4.78, 5) is 4.19. The topological polar surface area (TPSA) is 74.8 Å². The van der Waals surface area contributed by atoms with E-state index in [2.05, 4.69) is 24.1 Å². The van der Waals surface area contributed by atoms with Crippen molar-refractivity contribution < 1.29 is 0 Å². The first-order valence-electron chi connectivity index (χ1n) is 7.19. The van der Waals surface area contributed by atoms with Crippen LogP contribution in [0.2, 0.25) is 0 Å². The van der Waals surface area contributed by atoms with Crippen molar-refractivity contribution >= 4 is 11.5 Å². The molecule has 1 atom stereocenters. The molecule has 0 saturated heterocycles. The third-order valence-electron chi connectivity index (χ3n) is 4.44. The summed E-state index contributed by atoms with van der Waals surface area (Å²) in [5.41, 5.74) is 9.85. The molecule has 4 nitrogen and oxygen atoms in total. The summed E-state index contributed by atoms with van der Waals surface area (Å²) in [5, 5.41) is 11.4. The molecule has 1 aliphatic carbocycles. The van der Waals surface area contributed by atoms with Crippen LogP contribution in [0.4, 0.5) is 5.82 Å². The number of nitrogens with two attached hydrogens (primary N) is 1. The SMILES string of the molecule is CCC1(C)CCC(C(=N)c2ccnc(NC)c2)=C(N)C1. The highest BCUT2D eigenvalue weighted by Crippen LogP contribution is 2.40. The summed E-state index contributed by atoms with van der Waals surface area (Å²) in [5.74, 6) is 0.778. The Bertz CT molecular complexity index is 547. The molecule has 0 bridgehead atoms. The molecule has 0 fully saturated rings. The molecule has 1 aromatic rings. The number of nitrogens with zero attached hydrogens (tertiary/aromatic N) is 1. The zero-order valence-electron chi connectivity index (χ0n) is 12.6. The van der Waals surface area contributed by atoms with Gasteiger partial charge < -0.3 is 11.1 Å². The lowest BCUT2D eigenvalue weighted by atomic mass is 9.72. The van der Waals surface area contributed by atoms with Gasteiger partial charge in [-0.05, 0) is 42.4 Å². The number of allylic oxidation sites excluding steroid dienone is 2. The summed E-state index contributed by atoms with van der Waals surface area (Å²) >= 11 is 0. The molecule has 0 aliphatic heterocycles. The number of nitrogens with one attached hydrogen (secondary N) is 2. The van der Waals surface area contributed by atoms with E-state index in [1.54, 1.807) is 6.20 Å². The number of hydrogen-bond donors (Lipinski definition) is 3. The van der Waals surface area contributed by atoms with Crippen LogP contribution < -0.4 is 11.1 Å². The van der Waals surface area contributed by atoms with E-state index in [9.17, 15) is 0 Å². The molecule has 0 aromatic carbocycles. The molecule has 0 spiro atoms. The monoisotopic (exact) mass is 272 g/mol. The summed E-state index contributed by atoms with van der Waals surface area (Å²) < 4.78 is 0. The predicted octanol–water partition coefficient (Wildman–Crippen LogP) is 3.30. The van der Waals surface area contributed by atoms with E-state index < -0.39 is 0 Å². The zero-order valence-corrected chi connectivity index (χ0v) is 12.6. The number of hydrogen-bond acceptors (Lipinski definition) is 4. The highest BCUT2D eigenvalue weighted by Gasteiger charge is 2.30. The minimum atomic E-state index is 0.294. The van der Waals surface area contributed by atoms with Gasteiger partial charge in [0.25, 0.3) is 0 Å². The summed E-state index contributed by atoms with van der Waals surface area (Å²) in [6, 6.07) is 3.77. The largest absolute Gasteiger partial charge is 0.402 e. The first-order valence-corrected chi connectivity index (χ1v) is 7.19. The number of anilines is 1. The number of aromatic nitrogens is 1. The van der Waals surface area contributed by atoms with Crippen molar-refractivity contribution in [2.75, 3.05) is 12.4 Å². The molecule has 1 unspecified atom stereocenters.